The first kappa shape index (κ1) is 31.0. The zero-order valence-electron chi connectivity index (χ0n) is 23.5. The van der Waals surface area contributed by atoms with Gasteiger partial charge in [-0.2, -0.15) is 0 Å². The van der Waals surface area contributed by atoms with Gasteiger partial charge in [-0.1, -0.05) is 35.9 Å². The first-order valence-corrected chi connectivity index (χ1v) is 14.4. The van der Waals surface area contributed by atoms with Crippen LogP contribution in [0, 0.1) is 0 Å². The average molecular weight is 614 g/mol. The molecular weight excluding hydrogens is 579 g/mol. The summed E-state index contributed by atoms with van der Waals surface area (Å²) in [6.07, 6.45) is -4.48. The second-order valence-electron chi connectivity index (χ2n) is 11.3. The van der Waals surface area contributed by atoms with Crippen LogP contribution in [0.2, 0.25) is 5.02 Å². The summed E-state index contributed by atoms with van der Waals surface area (Å²) in [5.74, 6) is -1.60. The van der Waals surface area contributed by atoms with Gasteiger partial charge in [0.25, 0.3) is 5.91 Å². The van der Waals surface area contributed by atoms with E-state index in [1.54, 1.807) is 38.1 Å². The van der Waals surface area contributed by atoms with Crippen LogP contribution in [0.25, 0.3) is 0 Å². The zero-order chi connectivity index (χ0) is 30.0. The number of alkyl halides is 3. The summed E-state index contributed by atoms with van der Waals surface area (Å²) < 4.78 is 73.1. The molecule has 12 heteroatoms. The van der Waals surface area contributed by atoms with Crippen molar-refractivity contribution in [2.75, 3.05) is 13.2 Å². The largest absolute Gasteiger partial charge is 0.573 e. The molecule has 3 fully saturated rings. The molecule has 42 heavy (non-hydrogen) atoms. The van der Waals surface area contributed by atoms with Gasteiger partial charge in [-0.05, 0) is 62.1 Å². The Morgan fingerprint density at radius 3 is 2.55 bits per heavy atom. The number of ether oxygens (including phenoxy) is 6. The average Bonchev–Trinajstić information content (AvgIpc) is 3.54. The van der Waals surface area contributed by atoms with Crippen LogP contribution in [0.4, 0.5) is 13.2 Å². The van der Waals surface area contributed by atoms with Crippen LogP contribution < -0.4 is 10.1 Å². The number of rotatable bonds is 10. The van der Waals surface area contributed by atoms with E-state index < -0.39 is 36.1 Å². The molecule has 2 heterocycles. The normalized spacial score (nSPS) is 28.8. The molecule has 1 amide bonds. The summed E-state index contributed by atoms with van der Waals surface area (Å²) in [7, 11) is 0. The number of hydrogen-bond donors (Lipinski definition) is 1. The highest BCUT2D eigenvalue weighted by molar-refractivity contribution is 6.30. The third kappa shape index (κ3) is 7.94. The number of nitrogens with one attached hydrogen (secondary N) is 1. The summed E-state index contributed by atoms with van der Waals surface area (Å²) in [6, 6.07) is 12.8. The number of benzene rings is 2. The van der Waals surface area contributed by atoms with Crippen molar-refractivity contribution in [2.24, 2.45) is 0 Å². The van der Waals surface area contributed by atoms with E-state index in [-0.39, 0.29) is 43.8 Å². The molecule has 1 N–H and O–H groups in total. The first-order chi connectivity index (χ1) is 19.9. The third-order valence-corrected chi connectivity index (χ3v) is 7.81. The van der Waals surface area contributed by atoms with Crippen LogP contribution >= 0.6 is 11.6 Å². The molecule has 2 aliphatic heterocycles. The number of carbonyl (C=O) groups is 1. The number of hydrogen-bond acceptors (Lipinski definition) is 7. The van der Waals surface area contributed by atoms with E-state index in [0.717, 1.165) is 18.4 Å². The van der Waals surface area contributed by atoms with E-state index in [4.69, 9.17) is 35.3 Å². The minimum absolute atomic E-state index is 0.0470. The van der Waals surface area contributed by atoms with E-state index in [1.807, 2.05) is 6.07 Å². The molecule has 0 radical (unpaired) electrons. The molecule has 230 valence electrons. The molecule has 0 bridgehead atoms. The van der Waals surface area contributed by atoms with Crippen LogP contribution in [0.15, 0.2) is 48.5 Å². The Balaban J connectivity index is 1.38. The molecule has 0 spiro atoms. The number of amides is 1. The van der Waals surface area contributed by atoms with Crippen molar-refractivity contribution in [1.82, 2.24) is 5.32 Å². The summed E-state index contributed by atoms with van der Waals surface area (Å²) in [6.45, 7) is 4.63. The predicted octanol–water partition coefficient (Wildman–Crippen LogP) is 5.69. The van der Waals surface area contributed by atoms with Gasteiger partial charge in [0.15, 0.2) is 11.4 Å². The Hall–Kier alpha value is -2.41. The van der Waals surface area contributed by atoms with Crippen molar-refractivity contribution in [2.45, 2.75) is 94.9 Å². The van der Waals surface area contributed by atoms with E-state index in [9.17, 15) is 18.0 Å². The predicted molar refractivity (Wildman–Crippen MR) is 146 cm³/mol. The number of fused-ring (bicyclic) bond motifs is 1. The smallest absolute Gasteiger partial charge is 0.406 e. The maximum atomic E-state index is 13.9. The zero-order valence-corrected chi connectivity index (χ0v) is 24.2. The minimum Gasteiger partial charge on any atom is -0.406 e. The van der Waals surface area contributed by atoms with Crippen LogP contribution in [0.3, 0.4) is 0 Å². The van der Waals surface area contributed by atoms with Gasteiger partial charge in [-0.25, -0.2) is 0 Å². The molecule has 2 aromatic carbocycles. The van der Waals surface area contributed by atoms with Gasteiger partial charge in [0.2, 0.25) is 0 Å². The lowest BCUT2D eigenvalue weighted by atomic mass is 9.78. The lowest BCUT2D eigenvalue weighted by Gasteiger charge is -2.43. The Morgan fingerprint density at radius 2 is 1.83 bits per heavy atom. The van der Waals surface area contributed by atoms with Crippen molar-refractivity contribution in [3.05, 3.63) is 64.7 Å². The molecular formula is C30H35ClF3NO7. The lowest BCUT2D eigenvalue weighted by molar-refractivity contribution is -0.274. The highest BCUT2D eigenvalue weighted by Gasteiger charge is 2.58. The SMILES string of the molecule is CC1(C)O[C@@H]2C[C@@](OCc3cccc(Cl)c3)(C(=O)NCC3CCCO3)CC(OCc3cccc(OC(F)(F)F)c3)[C@@H]2O1. The van der Waals surface area contributed by atoms with Gasteiger partial charge < -0.3 is 33.7 Å². The maximum Gasteiger partial charge on any atom is 0.573 e. The van der Waals surface area contributed by atoms with Crippen LogP contribution in [-0.2, 0) is 41.7 Å². The lowest BCUT2D eigenvalue weighted by Crippen LogP contribution is -2.60. The second kappa shape index (κ2) is 12.7. The number of halogens is 4. The summed E-state index contributed by atoms with van der Waals surface area (Å²) in [5, 5.41) is 3.56. The molecule has 5 atom stereocenters. The van der Waals surface area contributed by atoms with Gasteiger partial charge in [0, 0.05) is 31.0 Å². The molecule has 0 aromatic heterocycles. The van der Waals surface area contributed by atoms with Crippen LogP contribution in [0.1, 0.15) is 50.7 Å². The topological polar surface area (TPSA) is 84.5 Å². The summed E-state index contributed by atoms with van der Waals surface area (Å²) in [5.41, 5.74) is -0.0956. The molecule has 1 aliphatic carbocycles. The third-order valence-electron chi connectivity index (χ3n) is 7.58. The highest BCUT2D eigenvalue weighted by Crippen LogP contribution is 2.44. The monoisotopic (exact) mass is 613 g/mol. The summed E-state index contributed by atoms with van der Waals surface area (Å²) in [4.78, 5) is 13.9. The van der Waals surface area contributed by atoms with E-state index in [2.05, 4.69) is 10.1 Å². The molecule has 2 aromatic rings. The molecule has 2 saturated heterocycles. The summed E-state index contributed by atoms with van der Waals surface area (Å²) >= 11 is 6.18. The van der Waals surface area contributed by atoms with E-state index in [1.165, 1.54) is 18.2 Å². The van der Waals surface area contributed by atoms with Gasteiger partial charge in [-0.15, -0.1) is 13.2 Å². The van der Waals surface area contributed by atoms with Crippen molar-refractivity contribution >= 4 is 17.5 Å². The van der Waals surface area contributed by atoms with E-state index >= 15 is 0 Å². The molecule has 1 saturated carbocycles. The van der Waals surface area contributed by atoms with Gasteiger partial charge in [0.05, 0.1) is 31.5 Å². The molecule has 2 unspecified atom stereocenters. The maximum absolute atomic E-state index is 13.9. The van der Waals surface area contributed by atoms with Crippen LogP contribution in [0.5, 0.6) is 5.75 Å². The molecule has 8 nitrogen and oxygen atoms in total. The standard InChI is InChI=1S/C30H35ClF3NO7/c1-28(2)41-25-15-29(27(36)35-16-23-10-5-11-37-23,39-18-19-6-3-8-21(31)12-19)14-24(26(25)42-28)38-17-20-7-4-9-22(13-20)40-30(32,33)34/h3-4,6-9,12-13,23-26H,5,10-11,14-18H2,1-2H3,(H,35,36)/t23?,24?,25-,26+,29-/m1/s1. The fourth-order valence-corrected chi connectivity index (χ4v) is 5.98. The van der Waals surface area contributed by atoms with Crippen molar-refractivity contribution in [1.29, 1.82) is 0 Å². The Kier molecular flexibility index (Phi) is 9.36. The molecule has 3 aliphatic rings. The number of carbonyl (C=O) groups excluding carboxylic acids is 1. The quantitative estimate of drug-likeness (QED) is 0.369. The van der Waals surface area contributed by atoms with E-state index in [0.29, 0.717) is 23.7 Å². The molecule has 5 rings (SSSR count). The van der Waals surface area contributed by atoms with Gasteiger partial charge in [-0.3, -0.25) is 4.79 Å². The Bertz CT molecular complexity index is 1240. The Labute approximate surface area is 247 Å². The first-order valence-electron chi connectivity index (χ1n) is 14.0. The van der Waals surface area contributed by atoms with Crippen LogP contribution in [-0.4, -0.2) is 61.2 Å². The van der Waals surface area contributed by atoms with Crippen molar-refractivity contribution in [3.63, 3.8) is 0 Å². The second-order valence-corrected chi connectivity index (χ2v) is 11.8. The Morgan fingerprint density at radius 1 is 1.07 bits per heavy atom. The van der Waals surface area contributed by atoms with Crippen molar-refractivity contribution < 1.29 is 46.4 Å². The van der Waals surface area contributed by atoms with Gasteiger partial charge in [0.1, 0.15) is 11.9 Å². The minimum atomic E-state index is -4.81. The van der Waals surface area contributed by atoms with Gasteiger partial charge >= 0.3 is 6.36 Å². The highest BCUT2D eigenvalue weighted by atomic mass is 35.5. The van der Waals surface area contributed by atoms with Crippen molar-refractivity contribution in [3.8, 4) is 5.75 Å². The fourth-order valence-electron chi connectivity index (χ4n) is 5.76. The fraction of sp³-hybridized carbons (Fsp3) is 0.567.